The molecule has 0 amide bonds. The van der Waals surface area contributed by atoms with Crippen molar-refractivity contribution in [2.45, 2.75) is 12.2 Å². The van der Waals surface area contributed by atoms with Crippen LogP contribution in [0.2, 0.25) is 0 Å². The molecule has 1 aromatic carbocycles. The van der Waals surface area contributed by atoms with Gasteiger partial charge in [0.05, 0.1) is 12.7 Å². The zero-order chi connectivity index (χ0) is 10.7. The predicted molar refractivity (Wildman–Crippen MR) is 61.7 cm³/mol. The van der Waals surface area contributed by atoms with E-state index < -0.39 is 6.10 Å². The molecule has 1 heterocycles. The van der Waals surface area contributed by atoms with Gasteiger partial charge < -0.3 is 15.2 Å². The maximum absolute atomic E-state index is 10.1. The van der Waals surface area contributed by atoms with Crippen LogP contribution < -0.4 is 5.32 Å². The van der Waals surface area contributed by atoms with E-state index in [9.17, 15) is 5.11 Å². The van der Waals surface area contributed by atoms with Crippen LogP contribution in [0.4, 0.5) is 0 Å². The molecular weight excluding hydrogens is 258 g/mol. The molecule has 0 aromatic heterocycles. The topological polar surface area (TPSA) is 41.5 Å². The minimum atomic E-state index is -0.550. The molecule has 1 aliphatic heterocycles. The number of ether oxygens (including phenoxy) is 1. The number of benzene rings is 1. The average molecular weight is 272 g/mol. The SMILES string of the molecule is OC(c1ccc(Br)cc1)C1CNCCO1. The Balaban J connectivity index is 2.05. The largest absolute Gasteiger partial charge is 0.386 e. The van der Waals surface area contributed by atoms with Gasteiger partial charge in [0.1, 0.15) is 6.10 Å². The van der Waals surface area contributed by atoms with Gasteiger partial charge in [-0.15, -0.1) is 0 Å². The molecule has 2 atom stereocenters. The Bertz CT molecular complexity index is 309. The normalized spacial score (nSPS) is 23.7. The number of nitrogens with one attached hydrogen (secondary N) is 1. The number of aliphatic hydroxyl groups excluding tert-OH is 1. The third-order valence-electron chi connectivity index (χ3n) is 2.52. The van der Waals surface area contributed by atoms with Gasteiger partial charge in [0.25, 0.3) is 0 Å². The number of morpholine rings is 1. The molecule has 2 unspecified atom stereocenters. The minimum Gasteiger partial charge on any atom is -0.386 e. The van der Waals surface area contributed by atoms with E-state index in [0.717, 1.165) is 16.6 Å². The Morgan fingerprint density at radius 1 is 1.40 bits per heavy atom. The summed E-state index contributed by atoms with van der Waals surface area (Å²) in [7, 11) is 0. The number of aliphatic hydroxyl groups is 1. The van der Waals surface area contributed by atoms with Crippen LogP contribution in [0.15, 0.2) is 28.7 Å². The third kappa shape index (κ3) is 2.78. The van der Waals surface area contributed by atoms with Crippen molar-refractivity contribution in [2.75, 3.05) is 19.7 Å². The third-order valence-corrected chi connectivity index (χ3v) is 3.05. The smallest absolute Gasteiger partial charge is 0.106 e. The minimum absolute atomic E-state index is 0.139. The first-order valence-corrected chi connectivity index (χ1v) is 5.82. The first-order valence-electron chi connectivity index (χ1n) is 5.03. The van der Waals surface area contributed by atoms with Gasteiger partial charge in [0.2, 0.25) is 0 Å². The molecule has 0 aliphatic carbocycles. The van der Waals surface area contributed by atoms with Gasteiger partial charge in [-0.05, 0) is 17.7 Å². The van der Waals surface area contributed by atoms with Crippen LogP contribution in [0.3, 0.4) is 0 Å². The monoisotopic (exact) mass is 271 g/mol. The van der Waals surface area contributed by atoms with E-state index in [1.807, 2.05) is 24.3 Å². The van der Waals surface area contributed by atoms with Gasteiger partial charge >= 0.3 is 0 Å². The van der Waals surface area contributed by atoms with Crippen molar-refractivity contribution in [2.24, 2.45) is 0 Å². The Kier molecular flexibility index (Phi) is 3.75. The van der Waals surface area contributed by atoms with Crippen molar-refractivity contribution in [1.29, 1.82) is 0 Å². The van der Waals surface area contributed by atoms with Crippen LogP contribution >= 0.6 is 15.9 Å². The lowest BCUT2D eigenvalue weighted by atomic mass is 10.0. The van der Waals surface area contributed by atoms with Crippen molar-refractivity contribution in [3.8, 4) is 0 Å². The Morgan fingerprint density at radius 3 is 2.73 bits per heavy atom. The summed E-state index contributed by atoms with van der Waals surface area (Å²) in [5, 5.41) is 13.3. The van der Waals surface area contributed by atoms with Crippen molar-refractivity contribution in [3.63, 3.8) is 0 Å². The highest BCUT2D eigenvalue weighted by molar-refractivity contribution is 9.10. The van der Waals surface area contributed by atoms with E-state index in [4.69, 9.17) is 4.74 Å². The maximum Gasteiger partial charge on any atom is 0.106 e. The summed E-state index contributed by atoms with van der Waals surface area (Å²) in [5.41, 5.74) is 0.895. The first-order chi connectivity index (χ1) is 7.27. The molecule has 0 spiro atoms. The number of rotatable bonds is 2. The number of hydrogen-bond acceptors (Lipinski definition) is 3. The molecule has 4 heteroatoms. The highest BCUT2D eigenvalue weighted by Gasteiger charge is 2.23. The zero-order valence-corrected chi connectivity index (χ0v) is 9.90. The Morgan fingerprint density at radius 2 is 2.13 bits per heavy atom. The average Bonchev–Trinajstić information content (AvgIpc) is 2.30. The molecule has 1 fully saturated rings. The lowest BCUT2D eigenvalue weighted by molar-refractivity contribution is -0.0536. The van der Waals surface area contributed by atoms with Gasteiger partial charge in [-0.1, -0.05) is 28.1 Å². The van der Waals surface area contributed by atoms with Gasteiger partial charge in [-0.3, -0.25) is 0 Å². The van der Waals surface area contributed by atoms with Gasteiger partial charge in [0.15, 0.2) is 0 Å². The van der Waals surface area contributed by atoms with Crippen molar-refractivity contribution in [1.82, 2.24) is 5.32 Å². The van der Waals surface area contributed by atoms with E-state index >= 15 is 0 Å². The van der Waals surface area contributed by atoms with Gasteiger partial charge in [-0.2, -0.15) is 0 Å². The molecule has 2 rings (SSSR count). The Labute approximate surface area is 97.6 Å². The zero-order valence-electron chi connectivity index (χ0n) is 8.32. The van der Waals surface area contributed by atoms with Gasteiger partial charge in [-0.25, -0.2) is 0 Å². The molecule has 3 nitrogen and oxygen atoms in total. The van der Waals surface area contributed by atoms with Crippen LogP contribution in [0.1, 0.15) is 11.7 Å². The molecule has 0 saturated carbocycles. The van der Waals surface area contributed by atoms with Crippen molar-refractivity contribution in [3.05, 3.63) is 34.3 Å². The molecule has 1 aliphatic rings. The summed E-state index contributed by atoms with van der Waals surface area (Å²) in [5.74, 6) is 0. The molecule has 0 radical (unpaired) electrons. The standard InChI is InChI=1S/C11H14BrNO2/c12-9-3-1-8(2-4-9)11(14)10-7-13-5-6-15-10/h1-4,10-11,13-14H,5-7H2. The molecule has 2 N–H and O–H groups in total. The van der Waals surface area contributed by atoms with Crippen LogP contribution in [0, 0.1) is 0 Å². The predicted octanol–water partition coefficient (Wildman–Crippen LogP) is 1.47. The summed E-state index contributed by atoms with van der Waals surface area (Å²) in [4.78, 5) is 0. The molecule has 0 bridgehead atoms. The lowest BCUT2D eigenvalue weighted by Crippen LogP contribution is -2.41. The summed E-state index contributed by atoms with van der Waals surface area (Å²) in [6.45, 7) is 2.24. The fourth-order valence-corrected chi connectivity index (χ4v) is 1.93. The molecule has 1 saturated heterocycles. The lowest BCUT2D eigenvalue weighted by Gasteiger charge is -2.28. The summed E-state index contributed by atoms with van der Waals surface area (Å²) in [6.07, 6.45) is -0.689. The van der Waals surface area contributed by atoms with Crippen molar-refractivity contribution >= 4 is 15.9 Å². The number of hydrogen-bond donors (Lipinski definition) is 2. The van der Waals surface area contributed by atoms with E-state index in [1.54, 1.807) is 0 Å². The van der Waals surface area contributed by atoms with E-state index in [2.05, 4.69) is 21.2 Å². The second-order valence-electron chi connectivity index (χ2n) is 3.61. The second kappa shape index (κ2) is 5.07. The van der Waals surface area contributed by atoms with E-state index in [-0.39, 0.29) is 6.10 Å². The summed E-state index contributed by atoms with van der Waals surface area (Å²) >= 11 is 3.37. The second-order valence-corrected chi connectivity index (χ2v) is 4.53. The van der Waals surface area contributed by atoms with E-state index in [1.165, 1.54) is 0 Å². The van der Waals surface area contributed by atoms with E-state index in [0.29, 0.717) is 13.2 Å². The summed E-state index contributed by atoms with van der Waals surface area (Å²) in [6, 6.07) is 7.67. The molecule has 1 aromatic rings. The first kappa shape index (κ1) is 11.1. The van der Waals surface area contributed by atoms with Crippen LogP contribution in [0.25, 0.3) is 0 Å². The van der Waals surface area contributed by atoms with Gasteiger partial charge in [0, 0.05) is 17.6 Å². The number of halogens is 1. The maximum atomic E-state index is 10.1. The van der Waals surface area contributed by atoms with Crippen LogP contribution in [0.5, 0.6) is 0 Å². The highest BCUT2D eigenvalue weighted by Crippen LogP contribution is 2.21. The van der Waals surface area contributed by atoms with Crippen LogP contribution in [-0.2, 0) is 4.74 Å². The van der Waals surface area contributed by atoms with Crippen LogP contribution in [-0.4, -0.2) is 30.9 Å². The Hall–Kier alpha value is -0.420. The fourth-order valence-electron chi connectivity index (χ4n) is 1.66. The molecular formula is C11H14BrNO2. The van der Waals surface area contributed by atoms with Crippen molar-refractivity contribution < 1.29 is 9.84 Å². The molecule has 15 heavy (non-hydrogen) atoms. The molecule has 82 valence electrons. The highest BCUT2D eigenvalue weighted by atomic mass is 79.9. The summed E-state index contributed by atoms with van der Waals surface area (Å²) < 4.78 is 6.52. The fraction of sp³-hybridized carbons (Fsp3) is 0.455. The quantitative estimate of drug-likeness (QED) is 0.856.